The zero-order chi connectivity index (χ0) is 22.5. The van der Waals surface area contributed by atoms with Crippen molar-refractivity contribution < 1.29 is 14.4 Å². The number of rotatable bonds is 6. The van der Waals surface area contributed by atoms with Gasteiger partial charge in [-0.15, -0.1) is 0 Å². The number of nitrogens with zero attached hydrogens (tertiary/aromatic N) is 1. The van der Waals surface area contributed by atoms with Crippen molar-refractivity contribution in [3.05, 3.63) is 34.9 Å². The van der Waals surface area contributed by atoms with Crippen LogP contribution in [0.15, 0.2) is 18.2 Å². The second kappa shape index (κ2) is 10.3. The van der Waals surface area contributed by atoms with E-state index in [-0.39, 0.29) is 24.1 Å². The molecule has 7 nitrogen and oxygen atoms in total. The number of hydrogen-bond donors (Lipinski definition) is 3. The van der Waals surface area contributed by atoms with E-state index in [1.54, 1.807) is 11.0 Å². The second-order valence-electron chi connectivity index (χ2n) is 8.97. The lowest BCUT2D eigenvalue weighted by Gasteiger charge is -2.29. The third-order valence-corrected chi connectivity index (χ3v) is 6.80. The Bertz CT molecular complexity index is 940. The average molecular weight is 437 g/mol. The summed E-state index contributed by atoms with van der Waals surface area (Å²) in [6.45, 7) is 1.37. The van der Waals surface area contributed by atoms with Gasteiger partial charge < -0.3 is 15.5 Å². The minimum absolute atomic E-state index is 0.149. The van der Waals surface area contributed by atoms with E-state index in [0.29, 0.717) is 30.6 Å². The van der Waals surface area contributed by atoms with Crippen molar-refractivity contribution in [1.29, 1.82) is 0 Å². The highest BCUT2D eigenvalue weighted by molar-refractivity contribution is 6.05. The SMILES string of the molecule is CN[C@H]1CC[C@@H](NCCCC#Cc2ccc3c(c2)CN(C2CCC(=O)NC2=O)C3=O)CC1. The lowest BCUT2D eigenvalue weighted by Crippen LogP contribution is -2.52. The number of fused-ring (bicyclic) bond motifs is 1. The predicted molar refractivity (Wildman–Crippen MR) is 122 cm³/mol. The molecule has 3 amide bonds. The first-order chi connectivity index (χ1) is 15.5. The fourth-order valence-corrected chi connectivity index (χ4v) is 4.89. The van der Waals surface area contributed by atoms with Crippen molar-refractivity contribution in [2.75, 3.05) is 13.6 Å². The van der Waals surface area contributed by atoms with Gasteiger partial charge in [-0.2, -0.15) is 0 Å². The van der Waals surface area contributed by atoms with E-state index in [1.165, 1.54) is 25.7 Å². The summed E-state index contributed by atoms with van der Waals surface area (Å²) in [6.07, 6.45) is 7.46. The first-order valence-electron chi connectivity index (χ1n) is 11.7. The number of piperidine rings is 1. The molecular weight excluding hydrogens is 404 g/mol. The maximum atomic E-state index is 12.7. The Kier molecular flexibility index (Phi) is 7.23. The zero-order valence-electron chi connectivity index (χ0n) is 18.7. The number of hydrogen-bond acceptors (Lipinski definition) is 5. The molecule has 7 heteroatoms. The van der Waals surface area contributed by atoms with Crippen LogP contribution in [0.1, 0.15) is 72.9 Å². The maximum Gasteiger partial charge on any atom is 0.255 e. The van der Waals surface area contributed by atoms with Crippen LogP contribution < -0.4 is 16.0 Å². The van der Waals surface area contributed by atoms with E-state index in [1.807, 2.05) is 19.2 Å². The van der Waals surface area contributed by atoms with Crippen LogP contribution in [0.5, 0.6) is 0 Å². The summed E-state index contributed by atoms with van der Waals surface area (Å²) < 4.78 is 0. The van der Waals surface area contributed by atoms with Gasteiger partial charge >= 0.3 is 0 Å². The molecule has 1 saturated heterocycles. The van der Waals surface area contributed by atoms with Crippen molar-refractivity contribution in [2.45, 2.75) is 76.0 Å². The molecule has 3 N–H and O–H groups in total. The number of carbonyl (C=O) groups is 3. The average Bonchev–Trinajstić information content (AvgIpc) is 3.12. The Morgan fingerprint density at radius 2 is 1.88 bits per heavy atom. The predicted octanol–water partition coefficient (Wildman–Crippen LogP) is 1.70. The van der Waals surface area contributed by atoms with Gasteiger partial charge in [-0.1, -0.05) is 11.8 Å². The number of nitrogens with one attached hydrogen (secondary N) is 3. The highest BCUT2D eigenvalue weighted by Gasteiger charge is 2.39. The lowest BCUT2D eigenvalue weighted by atomic mass is 9.91. The summed E-state index contributed by atoms with van der Waals surface area (Å²) >= 11 is 0. The lowest BCUT2D eigenvalue weighted by molar-refractivity contribution is -0.136. The Hall–Kier alpha value is -2.69. The fraction of sp³-hybridized carbons (Fsp3) is 0.560. The zero-order valence-corrected chi connectivity index (χ0v) is 18.7. The molecule has 1 saturated carbocycles. The molecule has 0 bridgehead atoms. The molecule has 0 radical (unpaired) electrons. The van der Waals surface area contributed by atoms with Crippen LogP contribution in [-0.2, 0) is 16.1 Å². The summed E-state index contributed by atoms with van der Waals surface area (Å²) in [5, 5.41) is 9.35. The van der Waals surface area contributed by atoms with Crippen molar-refractivity contribution in [1.82, 2.24) is 20.9 Å². The number of benzene rings is 1. The minimum Gasteiger partial charge on any atom is -0.322 e. The van der Waals surface area contributed by atoms with Crippen LogP contribution in [0.4, 0.5) is 0 Å². The quantitative estimate of drug-likeness (QED) is 0.359. The van der Waals surface area contributed by atoms with Crippen LogP contribution in [0.25, 0.3) is 0 Å². The molecule has 32 heavy (non-hydrogen) atoms. The number of imide groups is 1. The molecule has 1 unspecified atom stereocenters. The standard InChI is InChI=1S/C25H32N4O3/c1-26-19-7-9-20(10-8-19)27-14-4-2-3-5-17-6-11-21-18(15-17)16-29(25(21)32)22-12-13-23(30)28-24(22)31/h6,11,15,19-20,22,26-27H,2,4,7-10,12-14,16H2,1H3,(H,28,30,31)/t19-,20+,22?. The van der Waals surface area contributed by atoms with Crippen LogP contribution in [0.2, 0.25) is 0 Å². The van der Waals surface area contributed by atoms with Gasteiger partial charge in [0.1, 0.15) is 6.04 Å². The van der Waals surface area contributed by atoms with Crippen molar-refractivity contribution in [3.8, 4) is 11.8 Å². The first kappa shape index (κ1) is 22.5. The molecule has 3 aliphatic rings. The van der Waals surface area contributed by atoms with E-state index in [4.69, 9.17) is 0 Å². The van der Waals surface area contributed by atoms with Gasteiger partial charge in [0.05, 0.1) is 0 Å². The Morgan fingerprint density at radius 1 is 1.09 bits per heavy atom. The summed E-state index contributed by atoms with van der Waals surface area (Å²) in [6, 6.07) is 6.35. The highest BCUT2D eigenvalue weighted by Crippen LogP contribution is 2.28. The number of amides is 3. The number of carbonyl (C=O) groups excluding carboxylic acids is 3. The fourth-order valence-electron chi connectivity index (χ4n) is 4.89. The van der Waals surface area contributed by atoms with Gasteiger partial charge in [-0.3, -0.25) is 19.7 Å². The van der Waals surface area contributed by atoms with E-state index >= 15 is 0 Å². The molecule has 0 aromatic heterocycles. The molecule has 0 spiro atoms. The van der Waals surface area contributed by atoms with Gasteiger partial charge in [-0.25, -0.2) is 0 Å². The first-order valence-corrected chi connectivity index (χ1v) is 11.7. The maximum absolute atomic E-state index is 12.7. The minimum atomic E-state index is -0.581. The van der Waals surface area contributed by atoms with Gasteiger partial charge in [0, 0.05) is 42.6 Å². The van der Waals surface area contributed by atoms with Gasteiger partial charge in [0.15, 0.2) is 0 Å². The van der Waals surface area contributed by atoms with Crippen molar-refractivity contribution >= 4 is 17.7 Å². The molecule has 1 aromatic rings. The third-order valence-electron chi connectivity index (χ3n) is 6.80. The van der Waals surface area contributed by atoms with Gasteiger partial charge in [0.25, 0.3) is 5.91 Å². The molecular formula is C25H32N4O3. The summed E-state index contributed by atoms with van der Waals surface area (Å²) in [7, 11) is 2.05. The molecule has 170 valence electrons. The van der Waals surface area contributed by atoms with E-state index in [9.17, 15) is 14.4 Å². The van der Waals surface area contributed by atoms with Crippen molar-refractivity contribution in [2.24, 2.45) is 0 Å². The Labute approximate surface area is 189 Å². The van der Waals surface area contributed by atoms with Crippen LogP contribution >= 0.6 is 0 Å². The normalized spacial score (nSPS) is 25.2. The molecule has 2 fully saturated rings. The summed E-state index contributed by atoms with van der Waals surface area (Å²) in [5.74, 6) is 5.65. The van der Waals surface area contributed by atoms with Crippen molar-refractivity contribution in [3.63, 3.8) is 0 Å². The van der Waals surface area contributed by atoms with Crippen LogP contribution in [0, 0.1) is 11.8 Å². The largest absolute Gasteiger partial charge is 0.322 e. The second-order valence-corrected chi connectivity index (χ2v) is 8.97. The van der Waals surface area contributed by atoms with Crippen LogP contribution in [0.3, 0.4) is 0 Å². The molecule has 2 aliphatic heterocycles. The molecule has 1 atom stereocenters. The summed E-state index contributed by atoms with van der Waals surface area (Å²) in [5.41, 5.74) is 2.41. The number of unbranched alkanes of at least 4 members (excludes halogenated alkanes) is 1. The monoisotopic (exact) mass is 436 g/mol. The Balaban J connectivity index is 1.25. The van der Waals surface area contributed by atoms with E-state index in [0.717, 1.165) is 30.5 Å². The van der Waals surface area contributed by atoms with E-state index < -0.39 is 6.04 Å². The molecule has 1 aromatic carbocycles. The van der Waals surface area contributed by atoms with E-state index in [2.05, 4.69) is 27.8 Å². The molecule has 2 heterocycles. The highest BCUT2D eigenvalue weighted by atomic mass is 16.2. The van der Waals surface area contributed by atoms with Gasteiger partial charge in [0.2, 0.25) is 11.8 Å². The molecule has 4 rings (SSSR count). The Morgan fingerprint density at radius 3 is 2.62 bits per heavy atom. The van der Waals surface area contributed by atoms with Crippen LogP contribution in [-0.4, -0.2) is 54.3 Å². The molecule has 1 aliphatic carbocycles. The smallest absolute Gasteiger partial charge is 0.255 e. The summed E-state index contributed by atoms with van der Waals surface area (Å²) in [4.78, 5) is 37.9. The van der Waals surface area contributed by atoms with Gasteiger partial charge in [-0.05, 0) is 75.9 Å². The topological polar surface area (TPSA) is 90.5 Å². The third kappa shape index (κ3) is 5.20.